The molecular formula is C15H24N2. The van der Waals surface area contributed by atoms with E-state index in [1.54, 1.807) is 0 Å². The molecule has 0 heterocycles. The zero-order valence-electron chi connectivity index (χ0n) is 10.8. The number of nitrogens with one attached hydrogen (secondary N) is 1. The van der Waals surface area contributed by atoms with Crippen LogP contribution in [-0.2, 0) is 12.8 Å². The van der Waals surface area contributed by atoms with E-state index < -0.39 is 0 Å². The second-order valence-corrected chi connectivity index (χ2v) is 5.19. The van der Waals surface area contributed by atoms with Gasteiger partial charge in [-0.1, -0.05) is 44.0 Å². The van der Waals surface area contributed by atoms with Crippen LogP contribution in [0, 0.1) is 5.92 Å². The maximum atomic E-state index is 5.71. The van der Waals surface area contributed by atoms with Gasteiger partial charge in [0.05, 0.1) is 0 Å². The van der Waals surface area contributed by atoms with E-state index in [0.717, 1.165) is 0 Å². The van der Waals surface area contributed by atoms with Crippen LogP contribution in [0.1, 0.15) is 43.7 Å². The van der Waals surface area contributed by atoms with Gasteiger partial charge in [-0.3, -0.25) is 11.3 Å². The summed E-state index contributed by atoms with van der Waals surface area (Å²) >= 11 is 0. The lowest BCUT2D eigenvalue weighted by Crippen LogP contribution is -2.42. The number of nitrogens with two attached hydrogens (primary N) is 1. The normalized spacial score (nSPS) is 20.9. The molecule has 1 aliphatic carbocycles. The number of hydrogen-bond donors (Lipinski definition) is 2. The number of rotatable bonds is 5. The van der Waals surface area contributed by atoms with Crippen molar-refractivity contribution in [3.05, 3.63) is 35.4 Å². The van der Waals surface area contributed by atoms with Crippen LogP contribution in [0.3, 0.4) is 0 Å². The lowest BCUT2D eigenvalue weighted by atomic mass is 9.79. The number of unbranched alkanes of at least 4 members (excludes halogenated alkanes) is 1. The first-order valence-electron chi connectivity index (χ1n) is 6.88. The fraction of sp³-hybridized carbons (Fsp3) is 0.600. The lowest BCUT2D eigenvalue weighted by Gasteiger charge is -2.31. The van der Waals surface area contributed by atoms with E-state index in [9.17, 15) is 0 Å². The molecule has 0 aliphatic heterocycles. The number of hydrazine groups is 1. The third-order valence-corrected chi connectivity index (χ3v) is 4.04. The Morgan fingerprint density at radius 3 is 2.82 bits per heavy atom. The molecule has 0 saturated heterocycles. The Bertz CT molecular complexity index is 349. The molecule has 0 aromatic heterocycles. The summed E-state index contributed by atoms with van der Waals surface area (Å²) in [5.41, 5.74) is 6.10. The fourth-order valence-electron chi connectivity index (χ4n) is 2.95. The standard InChI is InChI=1S/C15H24N2/c1-2-3-8-15(17-16)14-10-9-12-6-4-5-7-13(12)11-14/h4-7,14-15,17H,2-3,8-11,16H2,1H3. The van der Waals surface area contributed by atoms with Crippen LogP contribution in [0.15, 0.2) is 24.3 Å². The predicted octanol–water partition coefficient (Wildman–Crippen LogP) is 2.81. The number of fused-ring (bicyclic) bond motifs is 1. The highest BCUT2D eigenvalue weighted by Gasteiger charge is 2.24. The van der Waals surface area contributed by atoms with Crippen molar-refractivity contribution >= 4 is 0 Å². The van der Waals surface area contributed by atoms with Gasteiger partial charge in [0.2, 0.25) is 0 Å². The lowest BCUT2D eigenvalue weighted by molar-refractivity contribution is 0.302. The molecule has 2 unspecified atom stereocenters. The van der Waals surface area contributed by atoms with Gasteiger partial charge in [0.25, 0.3) is 0 Å². The van der Waals surface area contributed by atoms with Crippen molar-refractivity contribution in [3.8, 4) is 0 Å². The largest absolute Gasteiger partial charge is 0.271 e. The van der Waals surface area contributed by atoms with Gasteiger partial charge in [-0.15, -0.1) is 0 Å². The Morgan fingerprint density at radius 2 is 2.12 bits per heavy atom. The molecule has 0 bridgehead atoms. The molecule has 2 nitrogen and oxygen atoms in total. The third kappa shape index (κ3) is 3.08. The summed E-state index contributed by atoms with van der Waals surface area (Å²) in [6, 6.07) is 9.33. The van der Waals surface area contributed by atoms with Crippen LogP contribution in [0.2, 0.25) is 0 Å². The summed E-state index contributed by atoms with van der Waals surface area (Å²) in [6.45, 7) is 2.24. The van der Waals surface area contributed by atoms with Crippen LogP contribution >= 0.6 is 0 Å². The molecule has 0 radical (unpaired) electrons. The first-order valence-corrected chi connectivity index (χ1v) is 6.88. The zero-order valence-corrected chi connectivity index (χ0v) is 10.8. The quantitative estimate of drug-likeness (QED) is 0.605. The Labute approximate surface area is 105 Å². The molecule has 1 aromatic rings. The van der Waals surface area contributed by atoms with Crippen LogP contribution in [0.5, 0.6) is 0 Å². The molecular weight excluding hydrogens is 208 g/mol. The van der Waals surface area contributed by atoms with Crippen molar-refractivity contribution in [3.63, 3.8) is 0 Å². The molecule has 0 fully saturated rings. The first kappa shape index (κ1) is 12.6. The van der Waals surface area contributed by atoms with E-state index in [4.69, 9.17) is 5.84 Å². The summed E-state index contributed by atoms with van der Waals surface area (Å²) in [5.74, 6) is 6.42. The minimum absolute atomic E-state index is 0.489. The topological polar surface area (TPSA) is 38.0 Å². The van der Waals surface area contributed by atoms with E-state index in [2.05, 4.69) is 36.6 Å². The molecule has 17 heavy (non-hydrogen) atoms. The molecule has 94 valence electrons. The van der Waals surface area contributed by atoms with E-state index >= 15 is 0 Å². The third-order valence-electron chi connectivity index (χ3n) is 4.04. The second-order valence-electron chi connectivity index (χ2n) is 5.19. The van der Waals surface area contributed by atoms with Crippen LogP contribution in [0.25, 0.3) is 0 Å². The zero-order chi connectivity index (χ0) is 12.1. The highest BCUT2D eigenvalue weighted by atomic mass is 15.2. The van der Waals surface area contributed by atoms with Crippen molar-refractivity contribution in [2.24, 2.45) is 11.8 Å². The number of hydrogen-bond acceptors (Lipinski definition) is 2. The van der Waals surface area contributed by atoms with Gasteiger partial charge in [0.1, 0.15) is 0 Å². The van der Waals surface area contributed by atoms with Crippen LogP contribution < -0.4 is 11.3 Å². The average Bonchev–Trinajstić information content (AvgIpc) is 2.39. The minimum atomic E-state index is 0.489. The number of benzene rings is 1. The van der Waals surface area contributed by atoms with Crippen molar-refractivity contribution in [1.29, 1.82) is 0 Å². The van der Waals surface area contributed by atoms with Gasteiger partial charge in [0.15, 0.2) is 0 Å². The number of aryl methyl sites for hydroxylation is 1. The van der Waals surface area contributed by atoms with Crippen molar-refractivity contribution < 1.29 is 0 Å². The van der Waals surface area contributed by atoms with Crippen LogP contribution in [-0.4, -0.2) is 6.04 Å². The SMILES string of the molecule is CCCCC(NN)C1CCc2ccccc2C1. The Balaban J connectivity index is 2.00. The van der Waals surface area contributed by atoms with Gasteiger partial charge < -0.3 is 0 Å². The van der Waals surface area contributed by atoms with Gasteiger partial charge in [-0.25, -0.2) is 0 Å². The highest BCUT2D eigenvalue weighted by Crippen LogP contribution is 2.28. The highest BCUT2D eigenvalue weighted by molar-refractivity contribution is 5.29. The molecule has 0 amide bonds. The summed E-state index contributed by atoms with van der Waals surface area (Å²) in [5, 5.41) is 0. The molecule has 2 rings (SSSR count). The fourth-order valence-corrected chi connectivity index (χ4v) is 2.95. The predicted molar refractivity (Wildman–Crippen MR) is 72.6 cm³/mol. The van der Waals surface area contributed by atoms with Crippen molar-refractivity contribution in [2.45, 2.75) is 51.5 Å². The van der Waals surface area contributed by atoms with Gasteiger partial charge in [-0.2, -0.15) is 0 Å². The van der Waals surface area contributed by atoms with E-state index in [1.165, 1.54) is 49.7 Å². The Morgan fingerprint density at radius 1 is 1.35 bits per heavy atom. The smallest absolute Gasteiger partial charge is 0.0242 e. The van der Waals surface area contributed by atoms with E-state index in [0.29, 0.717) is 12.0 Å². The van der Waals surface area contributed by atoms with E-state index in [-0.39, 0.29) is 0 Å². The maximum Gasteiger partial charge on any atom is 0.0242 e. The first-order chi connectivity index (χ1) is 8.35. The summed E-state index contributed by atoms with van der Waals surface area (Å²) in [7, 11) is 0. The summed E-state index contributed by atoms with van der Waals surface area (Å²) < 4.78 is 0. The van der Waals surface area contributed by atoms with Gasteiger partial charge >= 0.3 is 0 Å². The Hall–Kier alpha value is -0.860. The van der Waals surface area contributed by atoms with Crippen molar-refractivity contribution in [1.82, 2.24) is 5.43 Å². The monoisotopic (exact) mass is 232 g/mol. The molecule has 1 aliphatic rings. The molecule has 3 N–H and O–H groups in total. The van der Waals surface area contributed by atoms with Crippen LogP contribution in [0.4, 0.5) is 0 Å². The van der Waals surface area contributed by atoms with Gasteiger partial charge in [-0.05, 0) is 42.7 Å². The molecule has 2 heteroatoms. The summed E-state index contributed by atoms with van der Waals surface area (Å²) in [4.78, 5) is 0. The van der Waals surface area contributed by atoms with E-state index in [1.807, 2.05) is 0 Å². The molecule has 0 saturated carbocycles. The average molecular weight is 232 g/mol. The second kappa shape index (κ2) is 6.18. The maximum absolute atomic E-state index is 5.71. The Kier molecular flexibility index (Phi) is 4.57. The van der Waals surface area contributed by atoms with Gasteiger partial charge in [0, 0.05) is 6.04 Å². The molecule has 0 spiro atoms. The van der Waals surface area contributed by atoms with Crippen molar-refractivity contribution in [2.75, 3.05) is 0 Å². The molecule has 2 atom stereocenters. The molecule has 1 aromatic carbocycles. The minimum Gasteiger partial charge on any atom is -0.271 e. The summed E-state index contributed by atoms with van der Waals surface area (Å²) in [6.07, 6.45) is 7.41.